The third-order valence-electron chi connectivity index (χ3n) is 7.90. The van der Waals surface area contributed by atoms with E-state index in [9.17, 15) is 0 Å². The van der Waals surface area contributed by atoms with E-state index in [1.54, 1.807) is 0 Å². The lowest BCUT2D eigenvalue weighted by Gasteiger charge is -2.49. The summed E-state index contributed by atoms with van der Waals surface area (Å²) in [5, 5.41) is 0. The zero-order valence-electron chi connectivity index (χ0n) is 19.5. The number of fused-ring (bicyclic) bond motifs is 2. The molecule has 3 aliphatic heterocycles. The van der Waals surface area contributed by atoms with Gasteiger partial charge >= 0.3 is 0 Å². The van der Waals surface area contributed by atoms with Crippen molar-refractivity contribution in [1.82, 2.24) is 19.8 Å². The normalized spacial score (nSPS) is 21.5. The number of pyridine rings is 2. The zero-order chi connectivity index (χ0) is 22.6. The standard InChI is InChI=1S/C27H31N7/c28-27-12-20-4-3-19(11-25(20)31-27)23-5-6-24-26(30-23)13-21(14-29-24)34-16-22(17-34)33-9-7-32(8-10-33)15-18-1-2-18/h3-6,11,13-14,18,22H,1-2,7-10,12,15-17H2,(H2,28,31). The van der Waals surface area contributed by atoms with E-state index in [0.29, 0.717) is 11.9 Å². The summed E-state index contributed by atoms with van der Waals surface area (Å²) in [6, 6.07) is 13.3. The van der Waals surface area contributed by atoms with Gasteiger partial charge in [-0.25, -0.2) is 9.98 Å². The van der Waals surface area contributed by atoms with Crippen molar-refractivity contribution in [2.45, 2.75) is 25.3 Å². The minimum atomic E-state index is 0.664. The monoisotopic (exact) mass is 453 g/mol. The lowest BCUT2D eigenvalue weighted by Crippen LogP contribution is -2.63. The first-order chi connectivity index (χ1) is 16.7. The van der Waals surface area contributed by atoms with Gasteiger partial charge in [-0.05, 0) is 48.6 Å². The number of piperazine rings is 1. The predicted octanol–water partition coefficient (Wildman–Crippen LogP) is 3.06. The predicted molar refractivity (Wildman–Crippen MR) is 137 cm³/mol. The number of aromatic nitrogens is 2. The summed E-state index contributed by atoms with van der Waals surface area (Å²) in [7, 11) is 0. The Labute approximate surface area is 200 Å². The van der Waals surface area contributed by atoms with E-state index in [-0.39, 0.29) is 0 Å². The molecule has 2 saturated heterocycles. The topological polar surface area (TPSA) is 73.9 Å². The molecular formula is C27H31N7. The highest BCUT2D eigenvalue weighted by Crippen LogP contribution is 2.33. The SMILES string of the molecule is NC1=Nc2cc(-c3ccc4ncc(N5CC(N6CCN(CC7CC7)CC6)C5)cc4n3)ccc2C1. The first-order valence-electron chi connectivity index (χ1n) is 12.6. The number of benzene rings is 1. The molecule has 0 bridgehead atoms. The molecule has 0 amide bonds. The summed E-state index contributed by atoms with van der Waals surface area (Å²) in [6.45, 7) is 8.38. The fourth-order valence-electron chi connectivity index (χ4n) is 5.57. The van der Waals surface area contributed by atoms with E-state index in [1.807, 2.05) is 12.3 Å². The second-order valence-electron chi connectivity index (χ2n) is 10.4. The molecule has 2 aromatic heterocycles. The third kappa shape index (κ3) is 3.83. The highest BCUT2D eigenvalue weighted by Gasteiger charge is 2.35. The molecular weight excluding hydrogens is 422 g/mol. The quantitative estimate of drug-likeness (QED) is 0.640. The Balaban J connectivity index is 1.04. The van der Waals surface area contributed by atoms with Crippen molar-refractivity contribution in [2.75, 3.05) is 50.7 Å². The van der Waals surface area contributed by atoms with E-state index in [0.717, 1.165) is 53.4 Å². The summed E-state index contributed by atoms with van der Waals surface area (Å²) in [5.41, 5.74) is 13.1. The highest BCUT2D eigenvalue weighted by molar-refractivity contribution is 5.92. The van der Waals surface area contributed by atoms with Gasteiger partial charge in [0.2, 0.25) is 0 Å². The smallest absolute Gasteiger partial charge is 0.104 e. The first kappa shape index (κ1) is 20.4. The van der Waals surface area contributed by atoms with Crippen LogP contribution < -0.4 is 10.6 Å². The molecule has 7 rings (SSSR count). The fourth-order valence-corrected chi connectivity index (χ4v) is 5.57. The Morgan fingerprint density at radius 3 is 2.62 bits per heavy atom. The second-order valence-corrected chi connectivity index (χ2v) is 10.4. The van der Waals surface area contributed by atoms with Gasteiger partial charge in [0.1, 0.15) is 5.84 Å². The van der Waals surface area contributed by atoms with Gasteiger partial charge in [0.25, 0.3) is 0 Å². The van der Waals surface area contributed by atoms with E-state index >= 15 is 0 Å². The summed E-state index contributed by atoms with van der Waals surface area (Å²) in [4.78, 5) is 21.9. The van der Waals surface area contributed by atoms with Crippen LogP contribution in [0.25, 0.3) is 22.3 Å². The molecule has 7 heteroatoms. The molecule has 2 N–H and O–H groups in total. The van der Waals surface area contributed by atoms with E-state index < -0.39 is 0 Å². The Kier molecular flexibility index (Phi) is 4.81. The molecule has 3 fully saturated rings. The van der Waals surface area contributed by atoms with Crippen molar-refractivity contribution in [3.8, 4) is 11.3 Å². The second kappa shape index (κ2) is 8.03. The fraction of sp³-hybridized carbons (Fsp3) is 0.444. The largest absolute Gasteiger partial charge is 0.387 e. The van der Waals surface area contributed by atoms with Crippen LogP contribution in [0.3, 0.4) is 0 Å². The van der Waals surface area contributed by atoms with Crippen LogP contribution in [0.5, 0.6) is 0 Å². The van der Waals surface area contributed by atoms with Gasteiger partial charge in [-0.2, -0.15) is 0 Å². The van der Waals surface area contributed by atoms with E-state index in [2.05, 4.69) is 50.0 Å². The van der Waals surface area contributed by atoms with E-state index in [4.69, 9.17) is 15.7 Å². The molecule has 174 valence electrons. The van der Waals surface area contributed by atoms with Crippen LogP contribution in [0.15, 0.2) is 47.6 Å². The number of anilines is 1. The van der Waals surface area contributed by atoms with Crippen LogP contribution >= 0.6 is 0 Å². The lowest BCUT2D eigenvalue weighted by atomic mass is 10.0. The maximum Gasteiger partial charge on any atom is 0.104 e. The Bertz CT molecular complexity index is 1270. The van der Waals surface area contributed by atoms with Gasteiger partial charge in [0.05, 0.1) is 34.3 Å². The Hall–Kier alpha value is -3.03. The number of hydrogen-bond donors (Lipinski definition) is 1. The molecule has 0 unspecified atom stereocenters. The number of nitrogens with two attached hydrogens (primary N) is 1. The first-order valence-corrected chi connectivity index (χ1v) is 12.6. The van der Waals surface area contributed by atoms with Crippen molar-refractivity contribution in [3.63, 3.8) is 0 Å². The highest BCUT2D eigenvalue weighted by atomic mass is 15.4. The number of aliphatic imine (C=N–C) groups is 1. The van der Waals surface area contributed by atoms with Gasteiger partial charge in [0, 0.05) is 63.8 Å². The Morgan fingerprint density at radius 2 is 1.79 bits per heavy atom. The summed E-state index contributed by atoms with van der Waals surface area (Å²) < 4.78 is 0. The number of rotatable bonds is 5. The Morgan fingerprint density at radius 1 is 0.941 bits per heavy atom. The lowest BCUT2D eigenvalue weighted by molar-refractivity contribution is 0.0809. The van der Waals surface area contributed by atoms with Crippen molar-refractivity contribution < 1.29 is 0 Å². The minimum Gasteiger partial charge on any atom is -0.387 e. The van der Waals surface area contributed by atoms with Crippen LogP contribution in [0.1, 0.15) is 18.4 Å². The van der Waals surface area contributed by atoms with Crippen molar-refractivity contribution in [1.29, 1.82) is 0 Å². The average Bonchev–Trinajstić information content (AvgIpc) is 3.56. The molecule has 1 aliphatic carbocycles. The summed E-state index contributed by atoms with van der Waals surface area (Å²) in [5.74, 6) is 1.68. The van der Waals surface area contributed by atoms with Crippen LogP contribution in [0, 0.1) is 5.92 Å². The summed E-state index contributed by atoms with van der Waals surface area (Å²) >= 11 is 0. The molecule has 1 saturated carbocycles. The maximum absolute atomic E-state index is 5.91. The zero-order valence-corrected chi connectivity index (χ0v) is 19.5. The van der Waals surface area contributed by atoms with Gasteiger partial charge in [-0.15, -0.1) is 0 Å². The van der Waals surface area contributed by atoms with Crippen molar-refractivity contribution in [3.05, 3.63) is 48.2 Å². The molecule has 0 radical (unpaired) electrons. The van der Waals surface area contributed by atoms with E-state index in [1.165, 1.54) is 56.8 Å². The number of nitrogens with zero attached hydrogens (tertiary/aromatic N) is 6. The molecule has 3 aromatic rings. The molecule has 34 heavy (non-hydrogen) atoms. The van der Waals surface area contributed by atoms with Gasteiger partial charge in [0.15, 0.2) is 0 Å². The van der Waals surface area contributed by atoms with Gasteiger partial charge in [-0.3, -0.25) is 9.88 Å². The molecule has 1 aromatic carbocycles. The molecule has 0 spiro atoms. The van der Waals surface area contributed by atoms with Crippen molar-refractivity contribution in [2.24, 2.45) is 16.6 Å². The molecule has 5 heterocycles. The average molecular weight is 454 g/mol. The van der Waals surface area contributed by atoms with Crippen LogP contribution in [0.2, 0.25) is 0 Å². The molecule has 4 aliphatic rings. The van der Waals surface area contributed by atoms with Crippen molar-refractivity contribution >= 4 is 28.2 Å². The van der Waals surface area contributed by atoms with Gasteiger partial charge < -0.3 is 15.5 Å². The number of hydrogen-bond acceptors (Lipinski definition) is 7. The summed E-state index contributed by atoms with van der Waals surface area (Å²) in [6.07, 6.45) is 5.64. The van der Waals surface area contributed by atoms with Gasteiger partial charge in [-0.1, -0.05) is 12.1 Å². The van der Waals surface area contributed by atoms with Crippen LogP contribution in [-0.2, 0) is 6.42 Å². The maximum atomic E-state index is 5.91. The third-order valence-corrected chi connectivity index (χ3v) is 7.90. The van der Waals surface area contributed by atoms with Crippen LogP contribution in [-0.4, -0.2) is 77.5 Å². The minimum absolute atomic E-state index is 0.664. The molecule has 7 nitrogen and oxygen atoms in total. The van der Waals surface area contributed by atoms with Crippen LogP contribution in [0.4, 0.5) is 11.4 Å². The number of amidine groups is 1. The molecule has 0 atom stereocenters.